The number of fused-ring (bicyclic) bond motifs is 1. The van der Waals surface area contributed by atoms with E-state index in [1.807, 2.05) is 0 Å². The molecule has 2 aromatic carbocycles. The average molecular weight is 509 g/mol. The van der Waals surface area contributed by atoms with E-state index in [1.54, 1.807) is 25.1 Å². The molecule has 7 nitrogen and oxygen atoms in total. The first-order valence-electron chi connectivity index (χ1n) is 10.9. The van der Waals surface area contributed by atoms with Gasteiger partial charge in [-0.1, -0.05) is 23.2 Å². The molecule has 4 aliphatic rings. The van der Waals surface area contributed by atoms with Crippen LogP contribution in [0.1, 0.15) is 38.2 Å². The van der Waals surface area contributed by atoms with E-state index in [-0.39, 0.29) is 46.7 Å². The zero-order valence-corrected chi connectivity index (χ0v) is 19.8. The number of hydrogen-bond donors (Lipinski definition) is 3. The molecule has 6 rings (SSSR count). The van der Waals surface area contributed by atoms with Crippen LogP contribution >= 0.6 is 23.2 Å². The van der Waals surface area contributed by atoms with Crippen LogP contribution in [0.25, 0.3) is 0 Å². The predicted molar refractivity (Wildman–Crippen MR) is 123 cm³/mol. The smallest absolute Gasteiger partial charge is 0.261 e. The second kappa shape index (κ2) is 8.00. The Labute approximate surface area is 205 Å². The van der Waals surface area contributed by atoms with Gasteiger partial charge in [-0.3, -0.25) is 9.59 Å². The van der Waals surface area contributed by atoms with Crippen molar-refractivity contribution < 1.29 is 28.6 Å². The summed E-state index contributed by atoms with van der Waals surface area (Å²) in [5, 5.41) is 17.3. The number of hydrogen-bond acceptors (Lipinski definition) is 5. The van der Waals surface area contributed by atoms with Crippen molar-refractivity contribution >= 4 is 35.0 Å². The van der Waals surface area contributed by atoms with Crippen molar-refractivity contribution in [1.29, 1.82) is 0 Å². The molecule has 2 atom stereocenters. The maximum absolute atomic E-state index is 13.5. The van der Waals surface area contributed by atoms with Crippen LogP contribution in [0.2, 0.25) is 10.0 Å². The van der Waals surface area contributed by atoms with Crippen LogP contribution in [0.3, 0.4) is 0 Å². The minimum atomic E-state index is -1.25. The van der Waals surface area contributed by atoms with Gasteiger partial charge in [0.1, 0.15) is 17.3 Å². The molecule has 3 saturated carbocycles. The van der Waals surface area contributed by atoms with Gasteiger partial charge >= 0.3 is 0 Å². The van der Waals surface area contributed by atoms with E-state index in [2.05, 4.69) is 10.6 Å². The first-order chi connectivity index (χ1) is 16.0. The van der Waals surface area contributed by atoms with E-state index in [9.17, 15) is 19.1 Å². The Kier molecular flexibility index (Phi) is 5.46. The summed E-state index contributed by atoms with van der Waals surface area (Å²) in [6.07, 6.45) is 1.07. The van der Waals surface area contributed by atoms with Crippen LogP contribution in [-0.4, -0.2) is 40.7 Å². The van der Waals surface area contributed by atoms with Crippen molar-refractivity contribution in [2.45, 2.75) is 55.4 Å². The molecule has 34 heavy (non-hydrogen) atoms. The van der Waals surface area contributed by atoms with E-state index >= 15 is 0 Å². The summed E-state index contributed by atoms with van der Waals surface area (Å²) in [6.45, 7) is 1.38. The topological polar surface area (TPSA) is 96.9 Å². The molecule has 3 fully saturated rings. The zero-order chi connectivity index (χ0) is 24.3. The molecule has 0 unspecified atom stereocenters. The summed E-state index contributed by atoms with van der Waals surface area (Å²) in [5.41, 5.74) is -1.46. The fourth-order valence-corrected chi connectivity index (χ4v) is 5.57. The Balaban J connectivity index is 1.12. The molecule has 2 aromatic rings. The maximum atomic E-state index is 13.5. The molecular weight excluding hydrogens is 486 g/mol. The molecule has 0 spiro atoms. The van der Waals surface area contributed by atoms with Crippen LogP contribution in [-0.2, 0) is 15.2 Å². The van der Waals surface area contributed by atoms with E-state index in [4.69, 9.17) is 32.7 Å². The lowest BCUT2D eigenvalue weighted by atomic mass is 9.44. The fraction of sp³-hybridized carbons (Fsp3) is 0.417. The molecular formula is C24H23Cl2FN2O5. The highest BCUT2D eigenvalue weighted by Crippen LogP contribution is 2.60. The predicted octanol–water partition coefficient (Wildman–Crippen LogP) is 3.48. The second-order valence-corrected chi connectivity index (χ2v) is 10.6. The third-order valence-corrected chi connectivity index (χ3v) is 7.29. The Morgan fingerprint density at radius 1 is 1.15 bits per heavy atom. The number of rotatable bonds is 6. The number of aliphatic hydroxyl groups is 1. The standard InChI is InChI=1S/C24H23Cl2FN2O5/c1-22(32)8-19(34-18-5-2-13(25)6-15(18)22)21(31)29-24-10-23(11-24,12-24)28-20(30)9-33-14-3-4-16(26)17(27)7-14/h2-7,19,32H,8-12H2,1H3,(H,28,30)(H,29,31)/t19-,22+,23?,24?/m1/s1. The van der Waals surface area contributed by atoms with Crippen molar-refractivity contribution in [3.8, 4) is 11.5 Å². The number of halogens is 3. The highest BCUT2D eigenvalue weighted by Gasteiger charge is 2.69. The molecule has 3 aliphatic carbocycles. The molecule has 3 N–H and O–H groups in total. The van der Waals surface area contributed by atoms with Crippen molar-refractivity contribution in [3.05, 3.63) is 57.8 Å². The molecule has 180 valence electrons. The highest BCUT2D eigenvalue weighted by molar-refractivity contribution is 6.31. The molecule has 2 bridgehead atoms. The Morgan fingerprint density at radius 3 is 2.56 bits per heavy atom. The minimum Gasteiger partial charge on any atom is -0.484 e. The van der Waals surface area contributed by atoms with Crippen molar-refractivity contribution in [2.24, 2.45) is 0 Å². The van der Waals surface area contributed by atoms with E-state index in [1.165, 1.54) is 12.1 Å². The van der Waals surface area contributed by atoms with Gasteiger partial charge in [0, 0.05) is 34.2 Å². The second-order valence-electron chi connectivity index (χ2n) is 9.72. The highest BCUT2D eigenvalue weighted by atomic mass is 35.5. The fourth-order valence-electron chi connectivity index (χ4n) is 5.28. The number of carbonyl (C=O) groups excluding carboxylic acids is 2. The first kappa shape index (κ1) is 23.2. The van der Waals surface area contributed by atoms with Gasteiger partial charge in [0.25, 0.3) is 11.8 Å². The van der Waals surface area contributed by atoms with Gasteiger partial charge in [0.05, 0.1) is 10.6 Å². The van der Waals surface area contributed by atoms with Gasteiger partial charge in [-0.2, -0.15) is 0 Å². The molecule has 0 saturated heterocycles. The molecule has 10 heteroatoms. The summed E-state index contributed by atoms with van der Waals surface area (Å²) in [4.78, 5) is 25.2. The lowest BCUT2D eigenvalue weighted by Crippen LogP contribution is -2.84. The SMILES string of the molecule is C[C@]1(O)C[C@H](C(=O)NC23CC(NC(=O)COc4ccc(Cl)c(F)c4)(C2)C3)Oc2ccc(Cl)cc21. The van der Waals surface area contributed by atoms with Gasteiger partial charge in [0.2, 0.25) is 0 Å². The van der Waals surface area contributed by atoms with Crippen LogP contribution in [0.4, 0.5) is 4.39 Å². The minimum absolute atomic E-state index is 0.0196. The third-order valence-electron chi connectivity index (χ3n) is 6.75. The molecule has 0 aromatic heterocycles. The van der Waals surface area contributed by atoms with Gasteiger partial charge < -0.3 is 25.2 Å². The van der Waals surface area contributed by atoms with Gasteiger partial charge in [-0.25, -0.2) is 4.39 Å². The first-order valence-corrected chi connectivity index (χ1v) is 11.6. The van der Waals surface area contributed by atoms with Crippen LogP contribution in [0.15, 0.2) is 36.4 Å². The number of nitrogens with one attached hydrogen (secondary N) is 2. The van der Waals surface area contributed by atoms with Crippen molar-refractivity contribution in [1.82, 2.24) is 10.6 Å². The van der Waals surface area contributed by atoms with Gasteiger partial charge in [-0.15, -0.1) is 0 Å². The van der Waals surface area contributed by atoms with Crippen LogP contribution in [0, 0.1) is 5.82 Å². The molecule has 0 radical (unpaired) electrons. The summed E-state index contributed by atoms with van der Waals surface area (Å²) >= 11 is 11.7. The molecule has 1 aliphatic heterocycles. The van der Waals surface area contributed by atoms with Crippen LogP contribution < -0.4 is 20.1 Å². The van der Waals surface area contributed by atoms with Crippen molar-refractivity contribution in [2.75, 3.05) is 6.61 Å². The Morgan fingerprint density at radius 2 is 1.85 bits per heavy atom. The third kappa shape index (κ3) is 4.19. The largest absolute Gasteiger partial charge is 0.484 e. The molecule has 2 amide bonds. The van der Waals surface area contributed by atoms with Gasteiger partial charge in [-0.05, 0) is 56.5 Å². The Bertz CT molecular complexity index is 1170. The Hall–Kier alpha value is -2.55. The van der Waals surface area contributed by atoms with E-state index < -0.39 is 17.5 Å². The number of ether oxygens (including phenoxy) is 2. The summed E-state index contributed by atoms with van der Waals surface area (Å²) in [6, 6.07) is 8.92. The summed E-state index contributed by atoms with van der Waals surface area (Å²) < 4.78 is 24.7. The zero-order valence-electron chi connectivity index (χ0n) is 18.3. The average Bonchev–Trinajstić information content (AvgIpc) is 2.72. The normalized spacial score (nSPS) is 30.7. The number of amides is 2. The van der Waals surface area contributed by atoms with Gasteiger partial charge in [0.15, 0.2) is 12.7 Å². The lowest BCUT2D eigenvalue weighted by molar-refractivity contribution is -0.156. The maximum Gasteiger partial charge on any atom is 0.261 e. The lowest BCUT2D eigenvalue weighted by Gasteiger charge is -2.70. The number of benzene rings is 2. The quantitative estimate of drug-likeness (QED) is 0.554. The summed E-state index contributed by atoms with van der Waals surface area (Å²) in [5.74, 6) is -0.591. The van der Waals surface area contributed by atoms with E-state index in [0.29, 0.717) is 35.6 Å². The molecule has 1 heterocycles. The van der Waals surface area contributed by atoms with E-state index in [0.717, 1.165) is 6.07 Å². The summed E-state index contributed by atoms with van der Waals surface area (Å²) in [7, 11) is 0. The monoisotopic (exact) mass is 508 g/mol. The number of carbonyl (C=O) groups is 2. The van der Waals surface area contributed by atoms with Crippen molar-refractivity contribution in [3.63, 3.8) is 0 Å². The van der Waals surface area contributed by atoms with Crippen LogP contribution in [0.5, 0.6) is 11.5 Å².